The summed E-state index contributed by atoms with van der Waals surface area (Å²) in [7, 11) is -7.49. The van der Waals surface area contributed by atoms with Gasteiger partial charge in [-0.25, -0.2) is 18.6 Å². The lowest BCUT2D eigenvalue weighted by atomic mass is 10.2. The van der Waals surface area contributed by atoms with Crippen LogP contribution in [0.2, 0.25) is 0 Å². The molecule has 4 aromatic rings. The molecule has 0 aliphatic carbocycles. The Morgan fingerprint density at radius 3 is 1.14 bits per heavy atom. The Labute approximate surface area is 233 Å². The van der Waals surface area contributed by atoms with Crippen LogP contribution < -0.4 is 34.5 Å². The predicted molar refractivity (Wildman–Crippen MR) is 143 cm³/mol. The van der Waals surface area contributed by atoms with Crippen molar-refractivity contribution in [2.24, 2.45) is 4.99 Å². The molecule has 0 saturated heterocycles. The van der Waals surface area contributed by atoms with Crippen LogP contribution in [0.4, 0.5) is 0 Å². The molecule has 0 N–H and O–H groups in total. The van der Waals surface area contributed by atoms with Crippen molar-refractivity contribution in [3.8, 4) is 0 Å². The van der Waals surface area contributed by atoms with Crippen molar-refractivity contribution >= 4 is 63.1 Å². The number of hydrogen-bond donors (Lipinski definition) is 0. The van der Waals surface area contributed by atoms with Crippen LogP contribution in [0.5, 0.6) is 0 Å². The van der Waals surface area contributed by atoms with Crippen molar-refractivity contribution in [2.75, 3.05) is 0 Å². The Morgan fingerprint density at radius 1 is 0.541 bits per heavy atom. The largest absolute Gasteiger partial charge is 0.229 e. The predicted octanol–water partition coefficient (Wildman–Crippen LogP) is 2.51. The molecule has 0 aliphatic rings. The summed E-state index contributed by atoms with van der Waals surface area (Å²) in [6, 6.07) is 40.4. The molecule has 0 heterocycles. The van der Waals surface area contributed by atoms with Crippen molar-refractivity contribution in [1.29, 1.82) is 0 Å². The number of hydrogen-bond acceptors (Lipinski definition) is 5. The Hall–Kier alpha value is -2.28. The van der Waals surface area contributed by atoms with E-state index < -0.39 is 17.5 Å². The molecule has 0 saturated carbocycles. The van der Waals surface area contributed by atoms with Gasteiger partial charge >= 0.3 is 0 Å². The standard InChI is InChI=1S/C27H20Cl3NP.ClHO4/c28-25(29)27(31-26(30)21-13-5-1-6-14-21)32(22-15-7-2-8-16-22,23-17-9-3-10-18-23)24-19-11-4-12-20-24;2-1(3,4)5/h1-20H;(H,2,3,4,5)/q+1;/p-1/b31-26-;. The summed E-state index contributed by atoms with van der Waals surface area (Å²) in [5.41, 5.74) is 1.37. The Bertz CT molecular complexity index is 1230. The fourth-order valence-corrected chi connectivity index (χ4v) is 8.85. The number of benzene rings is 4. The van der Waals surface area contributed by atoms with Crippen LogP contribution in [0.1, 0.15) is 5.56 Å². The van der Waals surface area contributed by atoms with E-state index in [1.165, 1.54) is 0 Å². The van der Waals surface area contributed by atoms with Crippen LogP contribution in [0.25, 0.3) is 0 Å². The maximum absolute atomic E-state index is 8.49. The second-order valence-electron chi connectivity index (χ2n) is 7.41. The molecule has 0 bridgehead atoms. The highest BCUT2D eigenvalue weighted by Crippen LogP contribution is 2.64. The van der Waals surface area contributed by atoms with E-state index in [0.29, 0.717) is 10.6 Å². The molecule has 37 heavy (non-hydrogen) atoms. The molecule has 0 aromatic heterocycles. The number of nitrogens with zero attached hydrogens (tertiary/aromatic N) is 1. The summed E-state index contributed by atoms with van der Waals surface area (Å²) in [6.07, 6.45) is 0. The number of halogens is 4. The summed E-state index contributed by atoms with van der Waals surface area (Å²) in [4.78, 5) is 4.90. The molecule has 0 aliphatic heterocycles. The average Bonchev–Trinajstić information content (AvgIpc) is 2.90. The Kier molecular flexibility index (Phi) is 10.7. The molecule has 4 aromatic carbocycles. The van der Waals surface area contributed by atoms with E-state index in [2.05, 4.69) is 36.4 Å². The van der Waals surface area contributed by atoms with Crippen LogP contribution in [0.3, 0.4) is 0 Å². The first-order chi connectivity index (χ1) is 17.6. The fraction of sp³-hybridized carbons (Fsp3) is 0. The van der Waals surface area contributed by atoms with Crippen molar-refractivity contribution in [2.45, 2.75) is 0 Å². The molecule has 0 fully saturated rings. The zero-order chi connectivity index (χ0) is 26.9. The first kappa shape index (κ1) is 29.3. The van der Waals surface area contributed by atoms with Crippen molar-refractivity contribution in [3.05, 3.63) is 137 Å². The van der Waals surface area contributed by atoms with Crippen molar-refractivity contribution in [1.82, 2.24) is 0 Å². The third-order valence-electron chi connectivity index (χ3n) is 5.13. The molecule has 0 amide bonds. The molecular formula is C27H20Cl4NO4P. The lowest BCUT2D eigenvalue weighted by molar-refractivity contribution is -2.00. The van der Waals surface area contributed by atoms with Gasteiger partial charge in [-0.3, -0.25) is 0 Å². The van der Waals surface area contributed by atoms with E-state index in [1.54, 1.807) is 0 Å². The summed E-state index contributed by atoms with van der Waals surface area (Å²) in [5, 5.41) is 3.61. The molecule has 0 spiro atoms. The molecular weight excluding hydrogens is 575 g/mol. The van der Waals surface area contributed by atoms with E-state index in [-0.39, 0.29) is 4.49 Å². The van der Waals surface area contributed by atoms with Gasteiger partial charge in [0.25, 0.3) is 0 Å². The Balaban J connectivity index is 0.000000695. The minimum atomic E-state index is -4.94. The van der Waals surface area contributed by atoms with Gasteiger partial charge in [-0.15, -0.1) is 10.2 Å². The zero-order valence-electron chi connectivity index (χ0n) is 19.1. The van der Waals surface area contributed by atoms with E-state index >= 15 is 0 Å². The maximum Gasteiger partial charge on any atom is 0.229 e. The highest BCUT2D eigenvalue weighted by molar-refractivity contribution is 7.99. The van der Waals surface area contributed by atoms with Crippen molar-refractivity contribution < 1.29 is 28.9 Å². The van der Waals surface area contributed by atoms with Crippen LogP contribution in [0.15, 0.2) is 136 Å². The topological polar surface area (TPSA) is 105 Å². The molecule has 5 nitrogen and oxygen atoms in total. The first-order valence-corrected chi connectivity index (χ1v) is 14.8. The minimum absolute atomic E-state index is 0.101. The van der Waals surface area contributed by atoms with Gasteiger partial charge in [-0.05, 0) is 36.4 Å². The summed E-state index contributed by atoms with van der Waals surface area (Å²) in [5.74, 6) is 0. The fourth-order valence-electron chi connectivity index (χ4n) is 3.75. The molecule has 190 valence electrons. The van der Waals surface area contributed by atoms with Crippen molar-refractivity contribution in [3.63, 3.8) is 0 Å². The second kappa shape index (κ2) is 13.5. The van der Waals surface area contributed by atoms with Crippen LogP contribution >= 0.6 is 42.1 Å². The van der Waals surface area contributed by atoms with Gasteiger partial charge in [0.2, 0.25) is 5.44 Å². The zero-order valence-corrected chi connectivity index (χ0v) is 23.0. The van der Waals surface area contributed by atoms with Crippen LogP contribution in [-0.2, 0) is 0 Å². The summed E-state index contributed by atoms with van der Waals surface area (Å²) < 4.78 is 34.1. The van der Waals surface area contributed by atoms with Gasteiger partial charge in [0.1, 0.15) is 21.1 Å². The van der Waals surface area contributed by atoms with Crippen LogP contribution in [0, 0.1) is 10.2 Å². The van der Waals surface area contributed by atoms with Crippen LogP contribution in [-0.4, -0.2) is 5.17 Å². The molecule has 0 atom stereocenters. The monoisotopic (exact) mass is 593 g/mol. The summed E-state index contributed by atoms with van der Waals surface area (Å²) >= 11 is 20.0. The maximum atomic E-state index is 8.49. The van der Waals surface area contributed by atoms with Gasteiger partial charge in [0, 0.05) is 5.56 Å². The average molecular weight is 595 g/mol. The normalized spacial score (nSPS) is 11.8. The van der Waals surface area contributed by atoms with Gasteiger partial charge < -0.3 is 0 Å². The highest BCUT2D eigenvalue weighted by atomic mass is 35.7. The molecule has 0 radical (unpaired) electrons. The minimum Gasteiger partial charge on any atom is -0.222 e. The van der Waals surface area contributed by atoms with Gasteiger partial charge in [-0.1, -0.05) is 120 Å². The van der Waals surface area contributed by atoms with E-state index in [0.717, 1.165) is 21.5 Å². The third kappa shape index (κ3) is 7.86. The van der Waals surface area contributed by atoms with Gasteiger partial charge in [-0.2, -0.15) is 4.99 Å². The lowest BCUT2D eigenvalue weighted by Gasteiger charge is -2.27. The van der Waals surface area contributed by atoms with E-state index in [4.69, 9.17) is 58.4 Å². The van der Waals surface area contributed by atoms with Gasteiger partial charge in [0.05, 0.1) is 0 Å². The first-order valence-electron chi connectivity index (χ1n) is 10.7. The van der Waals surface area contributed by atoms with E-state index in [9.17, 15) is 0 Å². The Morgan fingerprint density at radius 2 is 0.838 bits per heavy atom. The number of aliphatic imine (C=N–C) groups is 1. The smallest absolute Gasteiger partial charge is 0.222 e. The summed E-state index contributed by atoms with van der Waals surface area (Å²) in [6.45, 7) is 0. The number of rotatable bonds is 6. The molecule has 0 unspecified atom stereocenters. The van der Waals surface area contributed by atoms with Gasteiger partial charge in [0.15, 0.2) is 11.8 Å². The quantitative estimate of drug-likeness (QED) is 0.253. The highest BCUT2D eigenvalue weighted by Gasteiger charge is 2.51. The second-order valence-corrected chi connectivity index (χ2v) is 12.8. The van der Waals surface area contributed by atoms with E-state index in [1.807, 2.05) is 84.9 Å². The third-order valence-corrected chi connectivity index (χ3v) is 10.2. The molecule has 4 rings (SSSR count). The lowest BCUT2D eigenvalue weighted by Crippen LogP contribution is -2.68. The molecule has 10 heteroatoms. The SMILES string of the molecule is ClC(Cl)=C(/N=C(\Cl)c1ccccc1)[P+](c1ccccc1)(c1ccccc1)c1ccccc1.[O-][Cl+3]([O-])([O-])[O-].